The van der Waals surface area contributed by atoms with Crippen LogP contribution < -0.4 is 16.0 Å². The van der Waals surface area contributed by atoms with E-state index in [1.807, 2.05) is 30.3 Å². The molecule has 6 heteroatoms. The van der Waals surface area contributed by atoms with Gasteiger partial charge >= 0.3 is 6.03 Å². The highest BCUT2D eigenvalue weighted by Gasteiger charge is 2.37. The van der Waals surface area contributed by atoms with Crippen molar-refractivity contribution in [2.45, 2.75) is 50.0 Å². The number of urea groups is 1. The predicted molar refractivity (Wildman–Crippen MR) is 88.4 cm³/mol. The van der Waals surface area contributed by atoms with E-state index in [2.05, 4.69) is 16.0 Å². The summed E-state index contributed by atoms with van der Waals surface area (Å²) in [5.74, 6) is 0. The van der Waals surface area contributed by atoms with Gasteiger partial charge in [0.1, 0.15) is 6.10 Å². The molecule has 6 nitrogen and oxygen atoms in total. The minimum atomic E-state index is -0.590. The summed E-state index contributed by atoms with van der Waals surface area (Å²) in [6.45, 7) is 0.785. The molecule has 1 saturated heterocycles. The summed E-state index contributed by atoms with van der Waals surface area (Å²) in [7, 11) is 0. The van der Waals surface area contributed by atoms with E-state index in [1.54, 1.807) is 0 Å². The predicted octanol–water partition coefficient (Wildman–Crippen LogP) is 1.47. The molecule has 2 fully saturated rings. The summed E-state index contributed by atoms with van der Waals surface area (Å²) in [5.41, 5.74) is 0.735. The fraction of sp³-hybridized carbons (Fsp3) is 0.588. The minimum absolute atomic E-state index is 0.0397. The van der Waals surface area contributed by atoms with E-state index in [0.29, 0.717) is 19.2 Å². The summed E-state index contributed by atoms with van der Waals surface area (Å²) < 4.78 is 5.63. The molecule has 126 valence electrons. The lowest BCUT2D eigenvalue weighted by atomic mass is 10.1. The maximum atomic E-state index is 11.9. The Morgan fingerprint density at radius 2 is 1.96 bits per heavy atom. The number of nitrogens with one attached hydrogen (secondary N) is 3. The third-order valence-corrected chi connectivity index (χ3v) is 4.58. The number of hydrogen-bond acceptors (Lipinski definition) is 4. The van der Waals surface area contributed by atoms with E-state index in [9.17, 15) is 9.90 Å². The number of hydrogen-bond donors (Lipinski definition) is 4. The third-order valence-electron chi connectivity index (χ3n) is 4.58. The Morgan fingerprint density at radius 3 is 2.70 bits per heavy atom. The highest BCUT2D eigenvalue weighted by atomic mass is 16.5. The molecule has 0 aromatic heterocycles. The first-order chi connectivity index (χ1) is 11.2. The Kier molecular flexibility index (Phi) is 5.48. The molecular weight excluding hydrogens is 294 g/mol. The number of carbonyl (C=O) groups is 1. The van der Waals surface area contributed by atoms with Crippen molar-refractivity contribution in [3.63, 3.8) is 0 Å². The van der Waals surface area contributed by atoms with E-state index in [1.165, 1.54) is 25.7 Å². The lowest BCUT2D eigenvalue weighted by molar-refractivity contribution is 0.0425. The smallest absolute Gasteiger partial charge is 0.319 e. The van der Waals surface area contributed by atoms with Crippen molar-refractivity contribution >= 4 is 11.7 Å². The van der Waals surface area contributed by atoms with E-state index in [-0.39, 0.29) is 18.2 Å². The van der Waals surface area contributed by atoms with Crippen LogP contribution in [0.15, 0.2) is 30.3 Å². The van der Waals surface area contributed by atoms with E-state index < -0.39 is 6.10 Å². The van der Waals surface area contributed by atoms with Gasteiger partial charge in [-0.3, -0.25) is 0 Å². The maximum Gasteiger partial charge on any atom is 0.319 e. The van der Waals surface area contributed by atoms with E-state index in [0.717, 1.165) is 5.69 Å². The molecule has 0 bridgehead atoms. The highest BCUT2D eigenvalue weighted by Crippen LogP contribution is 2.21. The molecule has 0 radical (unpaired) electrons. The van der Waals surface area contributed by atoms with Crippen LogP contribution in [0.1, 0.15) is 25.7 Å². The van der Waals surface area contributed by atoms with Gasteiger partial charge in [-0.1, -0.05) is 31.0 Å². The summed E-state index contributed by atoms with van der Waals surface area (Å²) in [5, 5.41) is 19.3. The fourth-order valence-corrected chi connectivity index (χ4v) is 3.30. The lowest BCUT2D eigenvalue weighted by Crippen LogP contribution is -2.48. The van der Waals surface area contributed by atoms with Gasteiger partial charge in [-0.05, 0) is 25.0 Å². The summed E-state index contributed by atoms with van der Waals surface area (Å²) >= 11 is 0. The van der Waals surface area contributed by atoms with Crippen molar-refractivity contribution in [1.82, 2.24) is 10.6 Å². The first kappa shape index (κ1) is 16.2. The molecule has 23 heavy (non-hydrogen) atoms. The van der Waals surface area contributed by atoms with Crippen LogP contribution >= 0.6 is 0 Å². The molecular formula is C17H25N3O3. The van der Waals surface area contributed by atoms with Gasteiger partial charge in [0.05, 0.1) is 18.8 Å². The van der Waals surface area contributed by atoms with Gasteiger partial charge in [0.15, 0.2) is 0 Å². The average Bonchev–Trinajstić information content (AvgIpc) is 3.18. The minimum Gasteiger partial charge on any atom is -0.389 e. The number of amides is 2. The van der Waals surface area contributed by atoms with Crippen molar-refractivity contribution in [3.8, 4) is 0 Å². The molecule has 2 aliphatic rings. The Balaban J connectivity index is 1.41. The summed E-state index contributed by atoms with van der Waals surface area (Å²) in [6.07, 6.45) is 3.90. The number of para-hydroxylation sites is 1. The molecule has 1 saturated carbocycles. The number of benzene rings is 1. The monoisotopic (exact) mass is 319 g/mol. The second-order valence-electron chi connectivity index (χ2n) is 6.32. The third kappa shape index (κ3) is 4.43. The van der Waals surface area contributed by atoms with Gasteiger partial charge < -0.3 is 25.8 Å². The summed E-state index contributed by atoms with van der Waals surface area (Å²) in [4.78, 5) is 11.9. The molecule has 2 amide bonds. The molecule has 1 aliphatic carbocycles. The van der Waals surface area contributed by atoms with Crippen molar-refractivity contribution < 1.29 is 14.6 Å². The van der Waals surface area contributed by atoms with Gasteiger partial charge in [0, 0.05) is 18.3 Å². The normalized spacial score (nSPS) is 28.0. The molecule has 3 atom stereocenters. The van der Waals surface area contributed by atoms with Crippen molar-refractivity contribution in [2.24, 2.45) is 0 Å². The molecule has 4 N–H and O–H groups in total. The van der Waals surface area contributed by atoms with Gasteiger partial charge in [-0.25, -0.2) is 4.79 Å². The maximum absolute atomic E-state index is 11.9. The average molecular weight is 319 g/mol. The van der Waals surface area contributed by atoms with Gasteiger partial charge in [0.25, 0.3) is 0 Å². The fourth-order valence-electron chi connectivity index (χ4n) is 3.30. The van der Waals surface area contributed by atoms with Crippen LogP contribution in [0.25, 0.3) is 0 Å². The quantitative estimate of drug-likeness (QED) is 0.662. The molecule has 1 aliphatic heterocycles. The van der Waals surface area contributed by atoms with Crippen LogP contribution in [-0.4, -0.2) is 48.6 Å². The molecule has 1 heterocycles. The van der Waals surface area contributed by atoms with Gasteiger partial charge in [-0.2, -0.15) is 0 Å². The number of anilines is 1. The van der Waals surface area contributed by atoms with Gasteiger partial charge in [-0.15, -0.1) is 0 Å². The zero-order chi connectivity index (χ0) is 16.1. The van der Waals surface area contributed by atoms with Crippen molar-refractivity contribution in [2.75, 3.05) is 18.5 Å². The zero-order valence-electron chi connectivity index (χ0n) is 13.2. The molecule has 0 unspecified atom stereocenters. The van der Waals surface area contributed by atoms with Crippen LogP contribution in [0.3, 0.4) is 0 Å². The highest BCUT2D eigenvalue weighted by molar-refractivity contribution is 5.89. The molecule has 1 aromatic rings. The Labute approximate surface area is 136 Å². The van der Waals surface area contributed by atoms with Crippen LogP contribution in [0.4, 0.5) is 10.5 Å². The molecule has 1 aromatic carbocycles. The number of aliphatic hydroxyl groups is 1. The second-order valence-corrected chi connectivity index (χ2v) is 6.32. The molecule has 0 spiro atoms. The van der Waals surface area contributed by atoms with E-state index >= 15 is 0 Å². The molecule has 3 rings (SSSR count). The number of rotatable bonds is 5. The van der Waals surface area contributed by atoms with Crippen molar-refractivity contribution in [1.29, 1.82) is 0 Å². The lowest BCUT2D eigenvalue weighted by Gasteiger charge is -2.22. The van der Waals surface area contributed by atoms with Crippen LogP contribution in [0.2, 0.25) is 0 Å². The van der Waals surface area contributed by atoms with E-state index in [4.69, 9.17) is 4.74 Å². The standard InChI is InChI=1S/C17H25N3O3/c21-16-14(19-12-8-4-5-9-12)11-23-15(16)10-18-17(22)20-13-6-2-1-3-7-13/h1-3,6-7,12,14-16,19,21H,4-5,8-11H2,(H2,18,20,22)/t14-,15-,16+/m1/s1. The Bertz CT molecular complexity index is 505. The topological polar surface area (TPSA) is 82.6 Å². The summed E-state index contributed by atoms with van der Waals surface area (Å²) in [6, 6.07) is 9.41. The number of carbonyl (C=O) groups excluding carboxylic acids is 1. The first-order valence-corrected chi connectivity index (χ1v) is 8.38. The first-order valence-electron chi connectivity index (χ1n) is 8.38. The van der Waals surface area contributed by atoms with Crippen molar-refractivity contribution in [3.05, 3.63) is 30.3 Å². The van der Waals surface area contributed by atoms with Crippen LogP contribution in [-0.2, 0) is 4.74 Å². The number of aliphatic hydroxyl groups excluding tert-OH is 1. The second kappa shape index (κ2) is 7.77. The van der Waals surface area contributed by atoms with Crippen LogP contribution in [0.5, 0.6) is 0 Å². The number of ether oxygens (including phenoxy) is 1. The van der Waals surface area contributed by atoms with Gasteiger partial charge in [0.2, 0.25) is 0 Å². The van der Waals surface area contributed by atoms with Crippen LogP contribution in [0, 0.1) is 0 Å². The largest absolute Gasteiger partial charge is 0.389 e. The SMILES string of the molecule is O=C(NC[C@H]1OC[C@@H](NC2CCCC2)[C@@H]1O)Nc1ccccc1. The Hall–Kier alpha value is -1.63. The Morgan fingerprint density at radius 1 is 1.22 bits per heavy atom. The zero-order valence-corrected chi connectivity index (χ0v) is 13.2.